The predicted octanol–water partition coefficient (Wildman–Crippen LogP) is 4.62. The number of benzene rings is 1. The zero-order valence-corrected chi connectivity index (χ0v) is 19.0. The molecule has 2 N–H and O–H groups in total. The molecule has 2 aromatic rings. The second-order valence-electron chi connectivity index (χ2n) is 6.61. The van der Waals surface area contributed by atoms with Gasteiger partial charge in [-0.2, -0.15) is 0 Å². The minimum atomic E-state index is 0. The Bertz CT molecular complexity index is 677. The van der Waals surface area contributed by atoms with Crippen LogP contribution in [0.3, 0.4) is 0 Å². The molecule has 1 aromatic heterocycles. The van der Waals surface area contributed by atoms with E-state index in [1.165, 1.54) is 0 Å². The summed E-state index contributed by atoms with van der Waals surface area (Å²) in [5.41, 5.74) is 2.43. The number of guanidine groups is 1. The van der Waals surface area contributed by atoms with E-state index in [1.807, 2.05) is 24.3 Å². The lowest BCUT2D eigenvalue weighted by molar-refractivity contribution is 0.570. The summed E-state index contributed by atoms with van der Waals surface area (Å²) in [5.74, 6) is 0.789. The summed E-state index contributed by atoms with van der Waals surface area (Å²) in [4.78, 5) is 8.96. The Balaban J connectivity index is 0.00000312. The van der Waals surface area contributed by atoms with Gasteiger partial charge in [-0.3, -0.25) is 4.99 Å². The fourth-order valence-corrected chi connectivity index (χ4v) is 3.22. The average Bonchev–Trinajstić information content (AvgIpc) is 3.01. The van der Waals surface area contributed by atoms with Gasteiger partial charge in [0.25, 0.3) is 0 Å². The molecular weight excluding hydrogens is 467 g/mol. The first kappa shape index (κ1) is 22.2. The Kier molecular flexibility index (Phi) is 9.16. The molecule has 0 aliphatic carbocycles. The summed E-state index contributed by atoms with van der Waals surface area (Å²) >= 11 is 7.62. The normalized spacial score (nSPS) is 11.8. The predicted molar refractivity (Wildman–Crippen MR) is 120 cm³/mol. The van der Waals surface area contributed by atoms with Gasteiger partial charge in [0.15, 0.2) is 5.96 Å². The van der Waals surface area contributed by atoms with Gasteiger partial charge in [0.05, 0.1) is 10.7 Å². The van der Waals surface area contributed by atoms with E-state index in [0.29, 0.717) is 6.54 Å². The molecule has 0 unspecified atom stereocenters. The van der Waals surface area contributed by atoms with Crippen molar-refractivity contribution in [3.05, 3.63) is 50.9 Å². The number of rotatable bonds is 5. The molecule has 1 aromatic carbocycles. The van der Waals surface area contributed by atoms with E-state index in [0.717, 1.165) is 40.2 Å². The molecule has 25 heavy (non-hydrogen) atoms. The third-order valence-corrected chi connectivity index (χ3v) is 4.71. The van der Waals surface area contributed by atoms with Crippen LogP contribution in [0, 0.1) is 0 Å². The maximum Gasteiger partial charge on any atom is 0.191 e. The molecular formula is C18H26ClIN4S. The lowest BCUT2D eigenvalue weighted by Gasteiger charge is -2.14. The number of nitrogens with one attached hydrogen (secondary N) is 2. The van der Waals surface area contributed by atoms with E-state index in [1.54, 1.807) is 18.4 Å². The molecule has 0 saturated carbocycles. The van der Waals surface area contributed by atoms with Crippen LogP contribution in [0.1, 0.15) is 37.0 Å². The van der Waals surface area contributed by atoms with Crippen molar-refractivity contribution in [2.45, 2.75) is 39.2 Å². The van der Waals surface area contributed by atoms with Crippen LogP contribution in [0.15, 0.2) is 34.6 Å². The van der Waals surface area contributed by atoms with Crippen LogP contribution in [0.25, 0.3) is 0 Å². The van der Waals surface area contributed by atoms with Gasteiger partial charge in [-0.1, -0.05) is 44.5 Å². The molecule has 0 radical (unpaired) electrons. The van der Waals surface area contributed by atoms with Gasteiger partial charge < -0.3 is 10.6 Å². The first-order valence-electron chi connectivity index (χ1n) is 8.02. The lowest BCUT2D eigenvalue weighted by Crippen LogP contribution is -2.37. The van der Waals surface area contributed by atoms with Crippen LogP contribution < -0.4 is 10.6 Å². The molecule has 2 rings (SSSR count). The number of halogens is 2. The highest BCUT2D eigenvalue weighted by molar-refractivity contribution is 14.0. The third-order valence-electron chi connectivity index (χ3n) is 3.55. The van der Waals surface area contributed by atoms with Crippen molar-refractivity contribution in [3.63, 3.8) is 0 Å². The largest absolute Gasteiger partial charge is 0.356 e. The van der Waals surface area contributed by atoms with E-state index in [4.69, 9.17) is 16.6 Å². The summed E-state index contributed by atoms with van der Waals surface area (Å²) in [6.07, 6.45) is 0.891. The molecule has 1 heterocycles. The highest BCUT2D eigenvalue weighted by atomic mass is 127. The van der Waals surface area contributed by atoms with Gasteiger partial charge in [-0.25, -0.2) is 4.98 Å². The summed E-state index contributed by atoms with van der Waals surface area (Å²) < 4.78 is 0. The number of hydrogen-bond acceptors (Lipinski definition) is 3. The fraction of sp³-hybridized carbons (Fsp3) is 0.444. The number of thiazole rings is 1. The highest BCUT2D eigenvalue weighted by Gasteiger charge is 2.17. The van der Waals surface area contributed by atoms with Crippen molar-refractivity contribution in [3.8, 4) is 0 Å². The van der Waals surface area contributed by atoms with Crippen molar-refractivity contribution in [2.24, 2.45) is 4.99 Å². The quantitative estimate of drug-likeness (QED) is 0.364. The first-order chi connectivity index (χ1) is 11.4. The van der Waals surface area contributed by atoms with E-state index < -0.39 is 0 Å². The van der Waals surface area contributed by atoms with E-state index in [-0.39, 0.29) is 29.4 Å². The standard InChI is InChI=1S/C18H25ClN4S.HI/c1-18(2,3)15-12-24-16(23-15)9-10-21-17(20-4)22-11-13-5-7-14(19)8-6-13;/h5-8,12H,9-11H2,1-4H3,(H2,20,21,22);1H. The van der Waals surface area contributed by atoms with Gasteiger partial charge in [-0.15, -0.1) is 35.3 Å². The summed E-state index contributed by atoms with van der Waals surface area (Å²) in [6, 6.07) is 7.80. The minimum Gasteiger partial charge on any atom is -0.356 e. The van der Waals surface area contributed by atoms with Crippen LogP contribution in [-0.4, -0.2) is 24.5 Å². The first-order valence-corrected chi connectivity index (χ1v) is 9.28. The van der Waals surface area contributed by atoms with Crippen molar-refractivity contribution >= 4 is 52.9 Å². The molecule has 0 atom stereocenters. The van der Waals surface area contributed by atoms with Gasteiger partial charge in [-0.05, 0) is 17.7 Å². The van der Waals surface area contributed by atoms with Crippen LogP contribution in [-0.2, 0) is 18.4 Å². The molecule has 7 heteroatoms. The Morgan fingerprint density at radius 3 is 2.44 bits per heavy atom. The second kappa shape index (κ2) is 10.3. The van der Waals surface area contributed by atoms with Crippen LogP contribution in [0.5, 0.6) is 0 Å². The van der Waals surface area contributed by atoms with Gasteiger partial charge in [0.1, 0.15) is 0 Å². The number of hydrogen-bond donors (Lipinski definition) is 2. The van der Waals surface area contributed by atoms with Gasteiger partial charge >= 0.3 is 0 Å². The van der Waals surface area contributed by atoms with Crippen LogP contribution in [0.4, 0.5) is 0 Å². The number of aliphatic imine (C=N–C) groups is 1. The lowest BCUT2D eigenvalue weighted by atomic mass is 9.93. The Morgan fingerprint density at radius 2 is 1.88 bits per heavy atom. The fourth-order valence-electron chi connectivity index (χ4n) is 2.07. The third kappa shape index (κ3) is 7.50. The van der Waals surface area contributed by atoms with Crippen molar-refractivity contribution in [1.29, 1.82) is 0 Å². The minimum absolute atomic E-state index is 0. The molecule has 0 saturated heterocycles. The summed E-state index contributed by atoms with van der Waals surface area (Å²) in [7, 11) is 1.78. The average molecular weight is 493 g/mol. The molecule has 4 nitrogen and oxygen atoms in total. The zero-order valence-electron chi connectivity index (χ0n) is 15.1. The molecule has 138 valence electrons. The molecule has 0 amide bonds. The van der Waals surface area contributed by atoms with E-state index in [9.17, 15) is 0 Å². The van der Waals surface area contributed by atoms with Crippen LogP contribution >= 0.6 is 46.9 Å². The maximum absolute atomic E-state index is 5.90. The van der Waals surface area contributed by atoms with Crippen molar-refractivity contribution < 1.29 is 0 Å². The molecule has 0 fully saturated rings. The summed E-state index contributed by atoms with van der Waals surface area (Å²) in [6.45, 7) is 8.07. The monoisotopic (exact) mass is 492 g/mol. The number of aromatic nitrogens is 1. The van der Waals surface area contributed by atoms with Gasteiger partial charge in [0.2, 0.25) is 0 Å². The SMILES string of the molecule is CN=C(NCCc1nc(C(C)(C)C)cs1)NCc1ccc(Cl)cc1.I. The van der Waals surface area contributed by atoms with Crippen molar-refractivity contribution in [1.82, 2.24) is 15.6 Å². The number of nitrogens with zero attached hydrogens (tertiary/aromatic N) is 2. The highest BCUT2D eigenvalue weighted by Crippen LogP contribution is 2.23. The van der Waals surface area contributed by atoms with Crippen LogP contribution in [0.2, 0.25) is 5.02 Å². The molecule has 0 bridgehead atoms. The summed E-state index contributed by atoms with van der Waals surface area (Å²) in [5, 5.41) is 10.7. The van der Waals surface area contributed by atoms with Gasteiger partial charge in [0, 0.05) is 42.4 Å². The maximum atomic E-state index is 5.90. The molecule has 0 aliphatic heterocycles. The Labute approximate surface area is 176 Å². The van der Waals surface area contributed by atoms with E-state index >= 15 is 0 Å². The van der Waals surface area contributed by atoms with Crippen molar-refractivity contribution in [2.75, 3.05) is 13.6 Å². The Morgan fingerprint density at radius 1 is 1.20 bits per heavy atom. The second-order valence-corrected chi connectivity index (χ2v) is 7.98. The molecule has 0 spiro atoms. The molecule has 0 aliphatic rings. The van der Waals surface area contributed by atoms with E-state index in [2.05, 4.69) is 41.8 Å². The Hall–Kier alpha value is -0.860. The zero-order chi connectivity index (χ0) is 17.6. The topological polar surface area (TPSA) is 49.3 Å². The smallest absolute Gasteiger partial charge is 0.191 e.